The number of thiophene rings is 1. The second-order valence-electron chi connectivity index (χ2n) is 5.42. The summed E-state index contributed by atoms with van der Waals surface area (Å²) in [5, 5.41) is 4.40. The van der Waals surface area contributed by atoms with E-state index in [2.05, 4.69) is 10.3 Å². The van der Waals surface area contributed by atoms with Crippen molar-refractivity contribution in [3.63, 3.8) is 0 Å². The maximum atomic E-state index is 12.4. The summed E-state index contributed by atoms with van der Waals surface area (Å²) in [5.41, 5.74) is 9.57. The molecule has 0 saturated carbocycles. The number of pyridine rings is 1. The highest BCUT2D eigenvalue weighted by Gasteiger charge is 2.18. The first kappa shape index (κ1) is 15.8. The largest absolute Gasteiger partial charge is 0.397 e. The smallest absolute Gasteiger partial charge is 0.263 e. The minimum absolute atomic E-state index is 0.192. The van der Waals surface area contributed by atoms with Crippen LogP contribution < -0.4 is 11.1 Å². The van der Waals surface area contributed by atoms with Crippen LogP contribution in [0.3, 0.4) is 0 Å². The van der Waals surface area contributed by atoms with E-state index in [9.17, 15) is 4.79 Å². The van der Waals surface area contributed by atoms with Gasteiger partial charge in [0.15, 0.2) is 0 Å². The van der Waals surface area contributed by atoms with Crippen LogP contribution in [0.4, 0.5) is 5.69 Å². The van der Waals surface area contributed by atoms with Crippen LogP contribution in [0.1, 0.15) is 26.5 Å². The van der Waals surface area contributed by atoms with Crippen molar-refractivity contribution in [2.75, 3.05) is 5.73 Å². The number of nitrogens with one attached hydrogen (secondary N) is 1. The maximum absolute atomic E-state index is 12.4. The van der Waals surface area contributed by atoms with Crippen molar-refractivity contribution in [2.24, 2.45) is 0 Å². The van der Waals surface area contributed by atoms with Crippen molar-refractivity contribution < 1.29 is 4.79 Å². The molecule has 2 aromatic heterocycles. The highest BCUT2D eigenvalue weighted by Crippen LogP contribution is 2.34. The van der Waals surface area contributed by atoms with Crippen molar-refractivity contribution in [2.45, 2.75) is 20.4 Å². The summed E-state index contributed by atoms with van der Waals surface area (Å²) in [6, 6.07) is 9.36. The zero-order valence-electron chi connectivity index (χ0n) is 12.8. The number of hydrogen-bond acceptors (Lipinski definition) is 4. The van der Waals surface area contributed by atoms with Gasteiger partial charge in [-0.05, 0) is 43.2 Å². The molecule has 3 N–H and O–H groups in total. The van der Waals surface area contributed by atoms with Crippen LogP contribution in [-0.4, -0.2) is 10.9 Å². The Morgan fingerprint density at radius 2 is 2.13 bits per heavy atom. The SMILES string of the molecule is Cc1cc(C)c2c(N)c(C(=O)NCc3cccc(Cl)c3)sc2n1. The number of nitrogens with two attached hydrogens (primary N) is 1. The van der Waals surface area contributed by atoms with Gasteiger partial charge in [-0.1, -0.05) is 23.7 Å². The Morgan fingerprint density at radius 1 is 1.35 bits per heavy atom. The molecule has 23 heavy (non-hydrogen) atoms. The number of halogens is 1. The van der Waals surface area contributed by atoms with Crippen LogP contribution in [0.25, 0.3) is 10.2 Å². The van der Waals surface area contributed by atoms with Crippen molar-refractivity contribution >= 4 is 44.7 Å². The Kier molecular flexibility index (Phi) is 4.24. The summed E-state index contributed by atoms with van der Waals surface area (Å²) < 4.78 is 0. The van der Waals surface area contributed by atoms with E-state index in [4.69, 9.17) is 17.3 Å². The second-order valence-corrected chi connectivity index (χ2v) is 6.85. The standard InChI is InChI=1S/C17H16ClN3OS/c1-9-6-10(2)21-17-13(9)14(19)15(23-17)16(22)20-8-11-4-3-5-12(18)7-11/h3-7H,8,19H2,1-2H3,(H,20,22). The Hall–Kier alpha value is -2.11. The fourth-order valence-electron chi connectivity index (χ4n) is 2.55. The molecule has 2 heterocycles. The van der Waals surface area contributed by atoms with Crippen LogP contribution in [0.2, 0.25) is 5.02 Å². The predicted octanol–water partition coefficient (Wildman–Crippen LogP) is 4.08. The number of fused-ring (bicyclic) bond motifs is 1. The van der Waals surface area contributed by atoms with Crippen LogP contribution in [-0.2, 0) is 6.54 Å². The number of benzene rings is 1. The zero-order valence-corrected chi connectivity index (χ0v) is 14.4. The van der Waals surface area contributed by atoms with E-state index in [0.29, 0.717) is 22.1 Å². The lowest BCUT2D eigenvalue weighted by Gasteiger charge is -2.05. The van der Waals surface area contributed by atoms with Gasteiger partial charge in [0.25, 0.3) is 5.91 Å². The molecule has 0 atom stereocenters. The lowest BCUT2D eigenvalue weighted by Crippen LogP contribution is -2.22. The number of rotatable bonds is 3. The van der Waals surface area contributed by atoms with Crippen molar-refractivity contribution in [1.82, 2.24) is 10.3 Å². The van der Waals surface area contributed by atoms with E-state index >= 15 is 0 Å². The van der Waals surface area contributed by atoms with Crippen LogP contribution in [0.5, 0.6) is 0 Å². The number of nitrogens with zero attached hydrogens (tertiary/aromatic N) is 1. The first-order chi connectivity index (χ1) is 11.0. The van der Waals surface area contributed by atoms with Crippen LogP contribution in [0.15, 0.2) is 30.3 Å². The number of hydrogen-bond donors (Lipinski definition) is 2. The third kappa shape index (κ3) is 3.16. The molecular formula is C17H16ClN3OS. The van der Waals surface area contributed by atoms with E-state index in [-0.39, 0.29) is 5.91 Å². The Labute approximate surface area is 143 Å². The molecule has 0 aliphatic heterocycles. The zero-order chi connectivity index (χ0) is 16.6. The van der Waals surface area contributed by atoms with Gasteiger partial charge in [-0.2, -0.15) is 0 Å². The molecule has 3 rings (SSSR count). The molecule has 0 saturated heterocycles. The van der Waals surface area contributed by atoms with Gasteiger partial charge in [0, 0.05) is 22.6 Å². The molecule has 0 aliphatic carbocycles. The summed E-state index contributed by atoms with van der Waals surface area (Å²) in [5.74, 6) is -0.192. The highest BCUT2D eigenvalue weighted by atomic mass is 35.5. The minimum atomic E-state index is -0.192. The van der Waals surface area contributed by atoms with Gasteiger partial charge in [0.1, 0.15) is 9.71 Å². The predicted molar refractivity (Wildman–Crippen MR) is 96.1 cm³/mol. The van der Waals surface area contributed by atoms with Crippen molar-refractivity contribution in [1.29, 1.82) is 0 Å². The number of nitrogen functional groups attached to an aromatic ring is 1. The number of carbonyl (C=O) groups excluding carboxylic acids is 1. The summed E-state index contributed by atoms with van der Waals surface area (Å²) >= 11 is 7.27. The lowest BCUT2D eigenvalue weighted by atomic mass is 10.1. The van der Waals surface area contributed by atoms with Crippen LogP contribution in [0, 0.1) is 13.8 Å². The molecule has 0 unspecified atom stereocenters. The molecule has 4 nitrogen and oxygen atoms in total. The molecule has 3 aromatic rings. The van der Waals surface area contributed by atoms with Gasteiger partial charge in [0.05, 0.1) is 5.69 Å². The third-order valence-electron chi connectivity index (χ3n) is 3.57. The normalized spacial score (nSPS) is 10.9. The lowest BCUT2D eigenvalue weighted by molar-refractivity contribution is 0.0956. The van der Waals surface area contributed by atoms with Crippen LogP contribution >= 0.6 is 22.9 Å². The van der Waals surface area contributed by atoms with Crippen molar-refractivity contribution in [3.8, 4) is 0 Å². The van der Waals surface area contributed by atoms with E-state index in [1.165, 1.54) is 11.3 Å². The number of carbonyl (C=O) groups is 1. The fourth-order valence-corrected chi connectivity index (χ4v) is 3.89. The van der Waals surface area contributed by atoms with Gasteiger partial charge in [-0.25, -0.2) is 4.98 Å². The number of anilines is 1. The maximum Gasteiger partial charge on any atom is 0.263 e. The summed E-state index contributed by atoms with van der Waals surface area (Å²) in [6.07, 6.45) is 0. The van der Waals surface area contributed by atoms with Gasteiger partial charge < -0.3 is 11.1 Å². The Morgan fingerprint density at radius 3 is 2.87 bits per heavy atom. The molecule has 0 radical (unpaired) electrons. The Bertz CT molecular complexity index is 904. The molecule has 0 bridgehead atoms. The molecule has 1 aromatic carbocycles. The molecule has 0 aliphatic rings. The highest BCUT2D eigenvalue weighted by molar-refractivity contribution is 7.21. The van der Waals surface area contributed by atoms with Crippen molar-refractivity contribution in [3.05, 3.63) is 57.1 Å². The topological polar surface area (TPSA) is 68.0 Å². The average molecular weight is 346 g/mol. The first-order valence-corrected chi connectivity index (χ1v) is 8.34. The number of aryl methyl sites for hydroxylation is 2. The van der Waals surface area contributed by atoms with E-state index in [0.717, 1.165) is 27.0 Å². The van der Waals surface area contributed by atoms with Gasteiger partial charge in [-0.3, -0.25) is 4.79 Å². The number of aromatic nitrogens is 1. The molecule has 0 spiro atoms. The monoisotopic (exact) mass is 345 g/mol. The molecule has 0 fully saturated rings. The first-order valence-electron chi connectivity index (χ1n) is 7.14. The summed E-state index contributed by atoms with van der Waals surface area (Å²) in [6.45, 7) is 4.31. The molecule has 6 heteroatoms. The van der Waals surface area contributed by atoms with Gasteiger partial charge in [0.2, 0.25) is 0 Å². The average Bonchev–Trinajstić information content (AvgIpc) is 2.82. The minimum Gasteiger partial charge on any atom is -0.397 e. The summed E-state index contributed by atoms with van der Waals surface area (Å²) in [7, 11) is 0. The summed E-state index contributed by atoms with van der Waals surface area (Å²) in [4.78, 5) is 18.2. The fraction of sp³-hybridized carbons (Fsp3) is 0.176. The quantitative estimate of drug-likeness (QED) is 0.751. The second kappa shape index (κ2) is 6.18. The van der Waals surface area contributed by atoms with Gasteiger partial charge in [-0.15, -0.1) is 11.3 Å². The molecule has 1 amide bonds. The third-order valence-corrected chi connectivity index (χ3v) is 4.91. The van der Waals surface area contributed by atoms with E-state index in [1.807, 2.05) is 38.1 Å². The molecule has 118 valence electrons. The Balaban J connectivity index is 1.86. The van der Waals surface area contributed by atoms with E-state index in [1.54, 1.807) is 6.07 Å². The van der Waals surface area contributed by atoms with E-state index < -0.39 is 0 Å². The number of amides is 1. The molecular weight excluding hydrogens is 330 g/mol. The van der Waals surface area contributed by atoms with Gasteiger partial charge >= 0.3 is 0 Å².